The Bertz CT molecular complexity index is 176. The van der Waals surface area contributed by atoms with Gasteiger partial charge in [0.15, 0.2) is 5.44 Å². The van der Waals surface area contributed by atoms with Crippen LogP contribution >= 0.6 is 11.6 Å². The Balaban J connectivity index is 3.75. The fourth-order valence-electron chi connectivity index (χ4n) is 0.401. The van der Waals surface area contributed by atoms with Gasteiger partial charge in [0.2, 0.25) is 0 Å². The first kappa shape index (κ1) is 10.2. The van der Waals surface area contributed by atoms with Crippen molar-refractivity contribution >= 4 is 21.7 Å². The topological polar surface area (TPSA) is 74.6 Å². The molecule has 4 nitrogen and oxygen atoms in total. The third-order valence-electron chi connectivity index (χ3n) is 0.929. The van der Waals surface area contributed by atoms with E-state index < -0.39 is 15.6 Å². The molecule has 0 fully saturated rings. The van der Waals surface area contributed by atoms with Gasteiger partial charge in [-0.1, -0.05) is 0 Å². The van der Waals surface area contributed by atoms with E-state index in [4.69, 9.17) is 21.3 Å². The van der Waals surface area contributed by atoms with Gasteiger partial charge in [-0.15, -0.1) is 11.6 Å². The number of alkyl halides is 1. The quantitative estimate of drug-likeness (QED) is 0.489. The molecule has 10 heavy (non-hydrogen) atoms. The number of halogens is 1. The lowest BCUT2D eigenvalue weighted by atomic mass is 10.4. The average molecular weight is 189 g/mol. The van der Waals surface area contributed by atoms with Crippen LogP contribution in [-0.4, -0.2) is 29.4 Å². The van der Waals surface area contributed by atoms with E-state index in [0.717, 1.165) is 0 Å². The lowest BCUT2D eigenvalue weighted by molar-refractivity contribution is 0.223. The Labute approximate surface area is 64.6 Å². The van der Waals surface area contributed by atoms with E-state index in [1.165, 1.54) is 0 Å². The van der Waals surface area contributed by atoms with Crippen molar-refractivity contribution in [2.75, 3.05) is 5.88 Å². The van der Waals surface area contributed by atoms with Crippen LogP contribution in [0.3, 0.4) is 0 Å². The maximum Gasteiger partial charge on any atom is 0.291 e. The Kier molecular flexibility index (Phi) is 4.19. The van der Waals surface area contributed by atoms with Crippen molar-refractivity contribution in [3.63, 3.8) is 0 Å². The van der Waals surface area contributed by atoms with Gasteiger partial charge in [-0.3, -0.25) is 4.55 Å². The molecule has 6 heteroatoms. The van der Waals surface area contributed by atoms with E-state index in [-0.39, 0.29) is 12.3 Å². The van der Waals surface area contributed by atoms with Crippen LogP contribution in [0.15, 0.2) is 0 Å². The minimum atomic E-state index is -4.28. The molecule has 0 aliphatic heterocycles. The first-order valence-corrected chi connectivity index (χ1v) is 4.72. The molecule has 0 radical (unpaired) electrons. The first-order valence-electron chi connectivity index (χ1n) is 2.69. The molecule has 0 bridgehead atoms. The van der Waals surface area contributed by atoms with E-state index >= 15 is 0 Å². The summed E-state index contributed by atoms with van der Waals surface area (Å²) in [7, 11) is -4.28. The third-order valence-corrected chi connectivity index (χ3v) is 2.12. The molecule has 0 unspecified atom stereocenters. The summed E-state index contributed by atoms with van der Waals surface area (Å²) in [5.41, 5.74) is -1.69. The molecule has 0 aliphatic rings. The van der Waals surface area contributed by atoms with Gasteiger partial charge in [0, 0.05) is 5.88 Å². The van der Waals surface area contributed by atoms with Crippen LogP contribution in [0.5, 0.6) is 0 Å². The van der Waals surface area contributed by atoms with Crippen molar-refractivity contribution in [1.82, 2.24) is 0 Å². The standard InChI is InChI=1S/C4H9ClO4S/c5-3-1-2-4(6)10(7,8)9/h4,6H,1-3H2,(H,7,8,9)/t4-/m1/s1. The lowest BCUT2D eigenvalue weighted by Crippen LogP contribution is -2.19. The second-order valence-corrected chi connectivity index (χ2v) is 3.75. The van der Waals surface area contributed by atoms with E-state index in [1.54, 1.807) is 0 Å². The molecule has 0 heterocycles. The zero-order chi connectivity index (χ0) is 8.20. The molecule has 0 rings (SSSR count). The Morgan fingerprint density at radius 3 is 2.30 bits per heavy atom. The molecule has 1 atom stereocenters. The zero-order valence-electron chi connectivity index (χ0n) is 5.20. The minimum Gasteiger partial charge on any atom is -0.375 e. The minimum absolute atomic E-state index is 0.0255. The Morgan fingerprint density at radius 2 is 2.00 bits per heavy atom. The summed E-state index contributed by atoms with van der Waals surface area (Å²) < 4.78 is 28.4. The van der Waals surface area contributed by atoms with Gasteiger partial charge in [-0.05, 0) is 12.8 Å². The Hall–Kier alpha value is 0.160. The van der Waals surface area contributed by atoms with Crippen LogP contribution in [0.4, 0.5) is 0 Å². The highest BCUT2D eigenvalue weighted by atomic mass is 35.5. The van der Waals surface area contributed by atoms with E-state index in [9.17, 15) is 8.42 Å². The second kappa shape index (κ2) is 4.12. The van der Waals surface area contributed by atoms with Crippen molar-refractivity contribution in [1.29, 1.82) is 0 Å². The lowest BCUT2D eigenvalue weighted by Gasteiger charge is -2.03. The molecule has 0 aromatic heterocycles. The number of hydrogen-bond acceptors (Lipinski definition) is 3. The monoisotopic (exact) mass is 188 g/mol. The molecule has 0 saturated carbocycles. The number of hydrogen-bond donors (Lipinski definition) is 2. The number of aliphatic hydroxyl groups excluding tert-OH is 1. The third kappa shape index (κ3) is 4.05. The van der Waals surface area contributed by atoms with Crippen molar-refractivity contribution < 1.29 is 18.1 Å². The fraction of sp³-hybridized carbons (Fsp3) is 1.00. The van der Waals surface area contributed by atoms with Crippen molar-refractivity contribution in [2.24, 2.45) is 0 Å². The summed E-state index contributed by atoms with van der Waals surface area (Å²) in [4.78, 5) is 0. The van der Waals surface area contributed by atoms with Gasteiger partial charge in [0.25, 0.3) is 10.1 Å². The van der Waals surface area contributed by atoms with Gasteiger partial charge in [-0.25, -0.2) is 0 Å². The van der Waals surface area contributed by atoms with Gasteiger partial charge in [-0.2, -0.15) is 8.42 Å². The van der Waals surface area contributed by atoms with Crippen molar-refractivity contribution in [3.8, 4) is 0 Å². The fourth-order valence-corrected chi connectivity index (χ4v) is 1.02. The predicted molar refractivity (Wildman–Crippen MR) is 37.5 cm³/mol. The molecule has 0 amide bonds. The molecule has 0 spiro atoms. The molecule has 0 aliphatic carbocycles. The van der Waals surface area contributed by atoms with E-state index in [1.807, 2.05) is 0 Å². The predicted octanol–water partition coefficient (Wildman–Crippen LogP) is 0.212. The molecule has 2 N–H and O–H groups in total. The summed E-state index contributed by atoms with van der Waals surface area (Å²) in [6, 6.07) is 0. The molecule has 0 aromatic rings. The molecule has 62 valence electrons. The van der Waals surface area contributed by atoms with Crippen LogP contribution < -0.4 is 0 Å². The summed E-state index contributed by atoms with van der Waals surface area (Å²) in [6.07, 6.45) is 0.338. The Morgan fingerprint density at radius 1 is 1.50 bits per heavy atom. The summed E-state index contributed by atoms with van der Waals surface area (Å²) in [5, 5.41) is 8.62. The summed E-state index contributed by atoms with van der Waals surface area (Å²) in [5.74, 6) is 0.270. The van der Waals surface area contributed by atoms with Gasteiger partial charge >= 0.3 is 0 Å². The molecule has 0 saturated heterocycles. The highest BCUT2D eigenvalue weighted by molar-refractivity contribution is 7.86. The maximum absolute atomic E-state index is 10.1. The van der Waals surface area contributed by atoms with Crippen LogP contribution in [0.25, 0.3) is 0 Å². The van der Waals surface area contributed by atoms with Gasteiger partial charge in [0.1, 0.15) is 0 Å². The van der Waals surface area contributed by atoms with Gasteiger partial charge in [0.05, 0.1) is 0 Å². The smallest absolute Gasteiger partial charge is 0.291 e. The van der Waals surface area contributed by atoms with E-state index in [2.05, 4.69) is 0 Å². The number of aliphatic hydroxyl groups is 1. The largest absolute Gasteiger partial charge is 0.375 e. The second-order valence-electron chi connectivity index (χ2n) is 1.80. The van der Waals surface area contributed by atoms with Crippen LogP contribution in [0.2, 0.25) is 0 Å². The molecular weight excluding hydrogens is 180 g/mol. The van der Waals surface area contributed by atoms with E-state index in [0.29, 0.717) is 6.42 Å². The molecule has 0 aromatic carbocycles. The molecular formula is C4H9ClO4S. The maximum atomic E-state index is 10.1. The van der Waals surface area contributed by atoms with Crippen LogP contribution in [0.1, 0.15) is 12.8 Å². The van der Waals surface area contributed by atoms with Gasteiger partial charge < -0.3 is 5.11 Å². The summed E-state index contributed by atoms with van der Waals surface area (Å²) >= 11 is 5.21. The van der Waals surface area contributed by atoms with Crippen LogP contribution in [-0.2, 0) is 10.1 Å². The summed E-state index contributed by atoms with van der Waals surface area (Å²) in [6.45, 7) is 0. The normalized spacial score (nSPS) is 15.1. The highest BCUT2D eigenvalue weighted by Crippen LogP contribution is 2.03. The van der Waals surface area contributed by atoms with Crippen molar-refractivity contribution in [3.05, 3.63) is 0 Å². The SMILES string of the molecule is O=S(=O)(O)[C@@H](O)CCCCl. The van der Waals surface area contributed by atoms with Crippen LogP contribution in [0, 0.1) is 0 Å². The first-order chi connectivity index (χ1) is 4.48. The zero-order valence-corrected chi connectivity index (χ0v) is 6.77. The highest BCUT2D eigenvalue weighted by Gasteiger charge is 2.17. The number of rotatable bonds is 4. The average Bonchev–Trinajstić information content (AvgIpc) is 1.80. The van der Waals surface area contributed by atoms with Crippen molar-refractivity contribution in [2.45, 2.75) is 18.3 Å².